The molecule has 0 saturated carbocycles. The van der Waals surface area contributed by atoms with Gasteiger partial charge in [0.25, 0.3) is 0 Å². The predicted molar refractivity (Wildman–Crippen MR) is 77.3 cm³/mol. The van der Waals surface area contributed by atoms with Gasteiger partial charge in [-0.1, -0.05) is 12.1 Å². The number of thiophene rings is 1. The van der Waals surface area contributed by atoms with E-state index >= 15 is 0 Å². The molecule has 3 rings (SSSR count). The van der Waals surface area contributed by atoms with Crippen molar-refractivity contribution in [1.29, 1.82) is 0 Å². The van der Waals surface area contributed by atoms with Crippen molar-refractivity contribution < 1.29 is 9.13 Å². The summed E-state index contributed by atoms with van der Waals surface area (Å²) in [5.41, 5.74) is 1.28. The van der Waals surface area contributed by atoms with Crippen molar-refractivity contribution in [3.05, 3.63) is 64.8 Å². The zero-order valence-corrected chi connectivity index (χ0v) is 11.3. The minimum Gasteiger partial charge on any atom is -0.488 e. The van der Waals surface area contributed by atoms with Crippen molar-refractivity contribution in [2.24, 2.45) is 0 Å². The van der Waals surface area contributed by atoms with E-state index < -0.39 is 0 Å². The topological polar surface area (TPSA) is 9.23 Å². The fourth-order valence-corrected chi connectivity index (χ4v) is 3.07. The van der Waals surface area contributed by atoms with Crippen molar-refractivity contribution >= 4 is 21.4 Å². The third-order valence-electron chi connectivity index (χ3n) is 3.03. The van der Waals surface area contributed by atoms with Gasteiger partial charge in [0.1, 0.15) is 18.2 Å². The van der Waals surface area contributed by atoms with Crippen LogP contribution in [0.25, 0.3) is 10.1 Å². The van der Waals surface area contributed by atoms with Crippen molar-refractivity contribution in [3.8, 4) is 5.75 Å². The van der Waals surface area contributed by atoms with E-state index in [-0.39, 0.29) is 5.82 Å². The molecule has 0 aliphatic rings. The summed E-state index contributed by atoms with van der Waals surface area (Å²) in [6.45, 7) is 2.63. The standard InChI is InChI=1S/C16H13FOS/c1-11-3-2-4-16-15(11)9-14(19-16)10-18-13-7-5-12(17)6-8-13/h2-9H,10H2,1H3. The SMILES string of the molecule is Cc1cccc2sc(COc3ccc(F)cc3)cc12. The lowest BCUT2D eigenvalue weighted by atomic mass is 10.1. The molecule has 1 nitrogen and oxygen atoms in total. The van der Waals surface area contributed by atoms with E-state index in [1.807, 2.05) is 0 Å². The average Bonchev–Trinajstić information content (AvgIpc) is 2.83. The second-order valence-electron chi connectivity index (χ2n) is 4.44. The maximum Gasteiger partial charge on any atom is 0.123 e. The Hall–Kier alpha value is -1.87. The molecule has 3 aromatic rings. The highest BCUT2D eigenvalue weighted by molar-refractivity contribution is 7.19. The van der Waals surface area contributed by atoms with Crippen LogP contribution in [-0.2, 0) is 6.61 Å². The van der Waals surface area contributed by atoms with E-state index in [2.05, 4.69) is 31.2 Å². The first-order valence-corrected chi connectivity index (χ1v) is 6.90. The molecule has 0 atom stereocenters. The largest absolute Gasteiger partial charge is 0.488 e. The second-order valence-corrected chi connectivity index (χ2v) is 5.61. The Morgan fingerprint density at radius 3 is 2.63 bits per heavy atom. The lowest BCUT2D eigenvalue weighted by Crippen LogP contribution is -1.92. The first kappa shape index (κ1) is 12.2. The molecule has 1 aromatic heterocycles. The van der Waals surface area contributed by atoms with Crippen LogP contribution in [0, 0.1) is 12.7 Å². The Morgan fingerprint density at radius 1 is 1.11 bits per heavy atom. The quantitative estimate of drug-likeness (QED) is 0.657. The molecule has 0 bridgehead atoms. The van der Waals surface area contributed by atoms with E-state index in [0.29, 0.717) is 12.4 Å². The third-order valence-corrected chi connectivity index (χ3v) is 4.10. The minimum absolute atomic E-state index is 0.246. The van der Waals surface area contributed by atoms with E-state index in [1.165, 1.54) is 32.7 Å². The van der Waals surface area contributed by atoms with Gasteiger partial charge in [-0.25, -0.2) is 4.39 Å². The number of benzene rings is 2. The maximum atomic E-state index is 12.8. The number of aryl methyl sites for hydroxylation is 1. The summed E-state index contributed by atoms with van der Waals surface area (Å²) < 4.78 is 19.7. The fraction of sp³-hybridized carbons (Fsp3) is 0.125. The summed E-state index contributed by atoms with van der Waals surface area (Å²) in [6.07, 6.45) is 0. The molecule has 2 aromatic carbocycles. The average molecular weight is 272 g/mol. The Bertz CT molecular complexity index is 700. The molecule has 0 aliphatic heterocycles. The molecule has 0 aliphatic carbocycles. The first-order valence-electron chi connectivity index (χ1n) is 6.09. The zero-order chi connectivity index (χ0) is 13.2. The minimum atomic E-state index is -0.246. The molecule has 0 saturated heterocycles. The van der Waals surface area contributed by atoms with Crippen LogP contribution in [0.15, 0.2) is 48.5 Å². The molecule has 3 heteroatoms. The van der Waals surface area contributed by atoms with Crippen molar-refractivity contribution in [1.82, 2.24) is 0 Å². The summed E-state index contributed by atoms with van der Waals surface area (Å²) in [6, 6.07) is 14.6. The molecule has 0 N–H and O–H groups in total. The maximum absolute atomic E-state index is 12.8. The Kier molecular flexibility index (Phi) is 3.22. The van der Waals surface area contributed by atoms with Crippen LogP contribution < -0.4 is 4.74 Å². The zero-order valence-electron chi connectivity index (χ0n) is 10.5. The monoisotopic (exact) mass is 272 g/mol. The van der Waals surface area contributed by atoms with Gasteiger partial charge in [0.15, 0.2) is 0 Å². The van der Waals surface area contributed by atoms with Gasteiger partial charge in [-0.05, 0) is 54.3 Å². The third kappa shape index (κ3) is 2.61. The Morgan fingerprint density at radius 2 is 1.89 bits per heavy atom. The summed E-state index contributed by atoms with van der Waals surface area (Å²) in [5, 5.41) is 1.28. The van der Waals surface area contributed by atoms with Gasteiger partial charge < -0.3 is 4.74 Å². The molecule has 0 amide bonds. The molecule has 96 valence electrons. The van der Waals surface area contributed by atoms with Crippen molar-refractivity contribution in [2.45, 2.75) is 13.5 Å². The highest BCUT2D eigenvalue weighted by Crippen LogP contribution is 2.28. The van der Waals surface area contributed by atoms with Gasteiger partial charge in [-0.2, -0.15) is 0 Å². The lowest BCUT2D eigenvalue weighted by molar-refractivity contribution is 0.309. The van der Waals surface area contributed by atoms with Crippen molar-refractivity contribution in [2.75, 3.05) is 0 Å². The molecule has 0 unspecified atom stereocenters. The van der Waals surface area contributed by atoms with Gasteiger partial charge in [0.05, 0.1) is 0 Å². The van der Waals surface area contributed by atoms with Gasteiger partial charge >= 0.3 is 0 Å². The van der Waals surface area contributed by atoms with Crippen LogP contribution in [0.4, 0.5) is 4.39 Å². The Labute approximate surface area is 115 Å². The number of fused-ring (bicyclic) bond motifs is 1. The van der Waals surface area contributed by atoms with Crippen LogP contribution in [0.3, 0.4) is 0 Å². The van der Waals surface area contributed by atoms with Crippen molar-refractivity contribution in [3.63, 3.8) is 0 Å². The van der Waals surface area contributed by atoms with E-state index in [4.69, 9.17) is 4.74 Å². The molecular formula is C16H13FOS. The normalized spacial score (nSPS) is 10.8. The van der Waals surface area contributed by atoms with Gasteiger partial charge in [-0.15, -0.1) is 11.3 Å². The van der Waals surface area contributed by atoms with E-state index in [0.717, 1.165) is 0 Å². The van der Waals surface area contributed by atoms with E-state index in [1.54, 1.807) is 23.5 Å². The molecule has 19 heavy (non-hydrogen) atoms. The molecule has 0 fully saturated rings. The summed E-state index contributed by atoms with van der Waals surface area (Å²) in [7, 11) is 0. The molecular weight excluding hydrogens is 259 g/mol. The predicted octanol–water partition coefficient (Wildman–Crippen LogP) is 4.93. The number of ether oxygens (including phenoxy) is 1. The summed E-state index contributed by atoms with van der Waals surface area (Å²) in [5.74, 6) is 0.445. The van der Waals surface area contributed by atoms with Crippen LogP contribution in [0.5, 0.6) is 5.75 Å². The first-order chi connectivity index (χ1) is 9.22. The fourth-order valence-electron chi connectivity index (χ4n) is 2.02. The molecule has 0 radical (unpaired) electrons. The smallest absolute Gasteiger partial charge is 0.123 e. The summed E-state index contributed by atoms with van der Waals surface area (Å²) >= 11 is 1.73. The number of hydrogen-bond acceptors (Lipinski definition) is 2. The second kappa shape index (κ2) is 5.02. The van der Waals surface area contributed by atoms with Gasteiger partial charge in [-0.3, -0.25) is 0 Å². The number of halogens is 1. The number of rotatable bonds is 3. The summed E-state index contributed by atoms with van der Waals surface area (Å²) in [4.78, 5) is 1.17. The lowest BCUT2D eigenvalue weighted by Gasteiger charge is -2.03. The highest BCUT2D eigenvalue weighted by Gasteiger charge is 2.04. The van der Waals surface area contributed by atoms with Crippen LogP contribution in [0.1, 0.15) is 10.4 Å². The van der Waals surface area contributed by atoms with E-state index in [9.17, 15) is 4.39 Å². The van der Waals surface area contributed by atoms with Gasteiger partial charge in [0.2, 0.25) is 0 Å². The number of hydrogen-bond donors (Lipinski definition) is 0. The Balaban J connectivity index is 1.78. The van der Waals surface area contributed by atoms with Gasteiger partial charge in [0, 0.05) is 9.58 Å². The van der Waals surface area contributed by atoms with Crippen LogP contribution >= 0.6 is 11.3 Å². The highest BCUT2D eigenvalue weighted by atomic mass is 32.1. The van der Waals surface area contributed by atoms with Crippen LogP contribution in [-0.4, -0.2) is 0 Å². The molecule has 0 spiro atoms. The molecule has 1 heterocycles. The van der Waals surface area contributed by atoms with Crippen LogP contribution in [0.2, 0.25) is 0 Å².